The van der Waals surface area contributed by atoms with Gasteiger partial charge in [0.25, 0.3) is 0 Å². The number of hydrogen-bond acceptors (Lipinski definition) is 2. The first-order chi connectivity index (χ1) is 9.60. The molecule has 0 saturated carbocycles. The summed E-state index contributed by atoms with van der Waals surface area (Å²) in [4.78, 5) is 0. The van der Waals surface area contributed by atoms with Crippen LogP contribution in [0.4, 0.5) is 5.69 Å². The molecule has 0 bridgehead atoms. The van der Waals surface area contributed by atoms with Gasteiger partial charge in [-0.15, -0.1) is 0 Å². The first kappa shape index (κ1) is 13.6. The van der Waals surface area contributed by atoms with Crippen molar-refractivity contribution in [2.45, 2.75) is 19.4 Å². The van der Waals surface area contributed by atoms with Crippen molar-refractivity contribution in [3.05, 3.63) is 57.1 Å². The predicted octanol–water partition coefficient (Wildman–Crippen LogP) is 5.02. The molecule has 0 radical (unpaired) electrons. The molecule has 1 aliphatic heterocycles. The molecule has 1 unspecified atom stereocenters. The Bertz CT molecular complexity index is 639. The Labute approximate surface area is 128 Å². The molecule has 20 heavy (non-hydrogen) atoms. The zero-order valence-electron chi connectivity index (χ0n) is 11.3. The Hall–Kier alpha value is -1.38. The van der Waals surface area contributed by atoms with E-state index < -0.39 is 0 Å². The third-order valence-electron chi connectivity index (χ3n) is 3.77. The summed E-state index contributed by atoms with van der Waals surface area (Å²) < 4.78 is 5.19. The average Bonchev–Trinajstić information content (AvgIpc) is 2.89. The second-order valence-corrected chi connectivity index (χ2v) is 5.83. The highest BCUT2D eigenvalue weighted by Gasteiger charge is 2.25. The van der Waals surface area contributed by atoms with E-state index in [1.807, 2.05) is 30.3 Å². The lowest BCUT2D eigenvalue weighted by atomic mass is 10.0. The molecular formula is C16H15Cl2NO. The van der Waals surface area contributed by atoms with Gasteiger partial charge in [-0.25, -0.2) is 0 Å². The molecule has 3 rings (SSSR count). The molecule has 2 aromatic rings. The molecule has 0 fully saturated rings. The van der Waals surface area contributed by atoms with Crippen LogP contribution in [-0.2, 0) is 6.42 Å². The zero-order chi connectivity index (χ0) is 14.3. The van der Waals surface area contributed by atoms with Crippen molar-refractivity contribution in [3.8, 4) is 5.75 Å². The van der Waals surface area contributed by atoms with E-state index in [1.165, 1.54) is 11.1 Å². The number of methoxy groups -OCH3 is 1. The monoisotopic (exact) mass is 307 g/mol. The van der Waals surface area contributed by atoms with Gasteiger partial charge in [-0.2, -0.15) is 0 Å². The molecule has 1 heterocycles. The Morgan fingerprint density at radius 3 is 2.60 bits per heavy atom. The highest BCUT2D eigenvalue weighted by atomic mass is 35.5. The van der Waals surface area contributed by atoms with Crippen LogP contribution < -0.4 is 10.1 Å². The van der Waals surface area contributed by atoms with Crippen LogP contribution in [-0.4, -0.2) is 7.11 Å². The van der Waals surface area contributed by atoms with Crippen LogP contribution in [0.1, 0.15) is 22.7 Å². The Morgan fingerprint density at radius 2 is 1.95 bits per heavy atom. The van der Waals surface area contributed by atoms with E-state index in [0.29, 0.717) is 10.8 Å². The van der Waals surface area contributed by atoms with E-state index >= 15 is 0 Å². The molecule has 104 valence electrons. The number of hydrogen-bond donors (Lipinski definition) is 1. The van der Waals surface area contributed by atoms with Gasteiger partial charge in [0, 0.05) is 17.1 Å². The molecule has 2 aromatic carbocycles. The first-order valence-electron chi connectivity index (χ1n) is 6.48. The number of nitrogens with one attached hydrogen (secondary N) is 1. The van der Waals surface area contributed by atoms with Crippen LogP contribution in [0.15, 0.2) is 30.3 Å². The van der Waals surface area contributed by atoms with Gasteiger partial charge >= 0.3 is 0 Å². The number of fused-ring (bicyclic) bond motifs is 1. The molecule has 0 saturated heterocycles. The minimum atomic E-state index is 0.201. The SMILES string of the molecule is COc1ccc(C2Cc3c(Cl)ccc(C)c3N2)cc1Cl. The van der Waals surface area contributed by atoms with Crippen LogP contribution in [0, 0.1) is 6.92 Å². The number of halogens is 2. The number of aryl methyl sites for hydroxylation is 1. The molecule has 0 amide bonds. The maximum Gasteiger partial charge on any atom is 0.137 e. The largest absolute Gasteiger partial charge is 0.495 e. The molecule has 0 spiro atoms. The fourth-order valence-corrected chi connectivity index (χ4v) is 3.17. The van der Waals surface area contributed by atoms with Gasteiger partial charge in [-0.1, -0.05) is 35.3 Å². The molecule has 1 atom stereocenters. The van der Waals surface area contributed by atoms with Gasteiger partial charge in [0.2, 0.25) is 0 Å². The summed E-state index contributed by atoms with van der Waals surface area (Å²) in [6.07, 6.45) is 0.874. The zero-order valence-corrected chi connectivity index (χ0v) is 12.8. The number of ether oxygens (including phenoxy) is 1. The molecule has 0 aliphatic carbocycles. The molecule has 1 N–H and O–H groups in total. The van der Waals surface area contributed by atoms with Gasteiger partial charge in [-0.05, 0) is 41.8 Å². The summed E-state index contributed by atoms with van der Waals surface area (Å²) in [6, 6.07) is 10.1. The highest BCUT2D eigenvalue weighted by Crippen LogP contribution is 2.41. The van der Waals surface area contributed by atoms with Gasteiger partial charge in [0.1, 0.15) is 5.75 Å². The minimum Gasteiger partial charge on any atom is -0.495 e. The lowest BCUT2D eigenvalue weighted by Crippen LogP contribution is -2.06. The van der Waals surface area contributed by atoms with E-state index in [0.717, 1.165) is 22.7 Å². The van der Waals surface area contributed by atoms with Crippen molar-refractivity contribution < 1.29 is 4.74 Å². The predicted molar refractivity (Wildman–Crippen MR) is 84.3 cm³/mol. The summed E-state index contributed by atoms with van der Waals surface area (Å²) in [7, 11) is 1.62. The Balaban J connectivity index is 1.94. The quantitative estimate of drug-likeness (QED) is 0.841. The van der Waals surface area contributed by atoms with Crippen molar-refractivity contribution in [1.29, 1.82) is 0 Å². The summed E-state index contributed by atoms with van der Waals surface area (Å²) in [5.41, 5.74) is 4.69. The van der Waals surface area contributed by atoms with E-state index in [-0.39, 0.29) is 6.04 Å². The van der Waals surface area contributed by atoms with Crippen LogP contribution in [0.2, 0.25) is 10.0 Å². The van der Waals surface area contributed by atoms with Crippen LogP contribution in [0.25, 0.3) is 0 Å². The van der Waals surface area contributed by atoms with Crippen LogP contribution in [0.5, 0.6) is 5.75 Å². The highest BCUT2D eigenvalue weighted by molar-refractivity contribution is 6.32. The van der Waals surface area contributed by atoms with Crippen molar-refractivity contribution in [3.63, 3.8) is 0 Å². The maximum atomic E-state index is 6.29. The normalized spacial score (nSPS) is 16.7. The van der Waals surface area contributed by atoms with Crippen molar-refractivity contribution in [1.82, 2.24) is 0 Å². The standard InChI is InChI=1S/C16H15Cl2NO/c1-9-3-5-12(17)11-8-14(19-16(9)11)10-4-6-15(20-2)13(18)7-10/h3-7,14,19H,8H2,1-2H3. The van der Waals surface area contributed by atoms with Crippen LogP contribution >= 0.6 is 23.2 Å². The minimum absolute atomic E-state index is 0.201. The third-order valence-corrected chi connectivity index (χ3v) is 4.42. The van der Waals surface area contributed by atoms with Gasteiger partial charge < -0.3 is 10.1 Å². The van der Waals surface area contributed by atoms with Gasteiger partial charge in [0.15, 0.2) is 0 Å². The second-order valence-electron chi connectivity index (χ2n) is 5.01. The Morgan fingerprint density at radius 1 is 1.15 bits per heavy atom. The van der Waals surface area contributed by atoms with E-state index in [1.54, 1.807) is 7.11 Å². The molecule has 0 aromatic heterocycles. The van der Waals surface area contributed by atoms with E-state index in [2.05, 4.69) is 12.2 Å². The lowest BCUT2D eigenvalue weighted by molar-refractivity contribution is 0.415. The molecule has 1 aliphatic rings. The van der Waals surface area contributed by atoms with Crippen molar-refractivity contribution >= 4 is 28.9 Å². The lowest BCUT2D eigenvalue weighted by Gasteiger charge is -2.14. The van der Waals surface area contributed by atoms with Crippen molar-refractivity contribution in [2.75, 3.05) is 12.4 Å². The van der Waals surface area contributed by atoms with Gasteiger partial charge in [0.05, 0.1) is 18.2 Å². The summed E-state index contributed by atoms with van der Waals surface area (Å²) in [5, 5.41) is 4.99. The van der Waals surface area contributed by atoms with Crippen molar-refractivity contribution in [2.24, 2.45) is 0 Å². The maximum absolute atomic E-state index is 6.29. The number of anilines is 1. The van der Waals surface area contributed by atoms with Gasteiger partial charge in [-0.3, -0.25) is 0 Å². The topological polar surface area (TPSA) is 21.3 Å². The average molecular weight is 308 g/mol. The van der Waals surface area contributed by atoms with Crippen LogP contribution in [0.3, 0.4) is 0 Å². The first-order valence-corrected chi connectivity index (χ1v) is 7.23. The molecule has 2 nitrogen and oxygen atoms in total. The summed E-state index contributed by atoms with van der Waals surface area (Å²) in [6.45, 7) is 2.09. The number of benzene rings is 2. The fourth-order valence-electron chi connectivity index (χ4n) is 2.67. The molecule has 4 heteroatoms. The van der Waals surface area contributed by atoms with E-state index in [4.69, 9.17) is 27.9 Å². The Kier molecular flexibility index (Phi) is 3.53. The summed E-state index contributed by atoms with van der Waals surface area (Å²) >= 11 is 12.5. The second kappa shape index (κ2) is 5.19. The number of rotatable bonds is 2. The van der Waals surface area contributed by atoms with E-state index in [9.17, 15) is 0 Å². The molecular weight excluding hydrogens is 293 g/mol. The summed E-state index contributed by atoms with van der Waals surface area (Å²) in [5.74, 6) is 0.695. The third kappa shape index (κ3) is 2.23. The smallest absolute Gasteiger partial charge is 0.137 e. The fraction of sp³-hybridized carbons (Fsp3) is 0.250.